The molecule has 0 saturated heterocycles. The van der Waals surface area contributed by atoms with Gasteiger partial charge in [0.2, 0.25) is 10.0 Å². The van der Waals surface area contributed by atoms with E-state index < -0.39 is 10.0 Å². The number of aryl methyl sites for hydroxylation is 2. The molecule has 0 amide bonds. The maximum absolute atomic E-state index is 12.9. The molecule has 1 heterocycles. The van der Waals surface area contributed by atoms with E-state index in [1.165, 1.54) is 4.31 Å². The third kappa shape index (κ3) is 4.08. The zero-order valence-electron chi connectivity index (χ0n) is 14.0. The third-order valence-electron chi connectivity index (χ3n) is 3.44. The second-order valence-electron chi connectivity index (χ2n) is 5.55. The van der Waals surface area contributed by atoms with Crippen molar-refractivity contribution in [1.82, 2.24) is 9.62 Å². The highest BCUT2D eigenvalue weighted by atomic mass is 32.2. The summed E-state index contributed by atoms with van der Waals surface area (Å²) in [4.78, 5) is 0.337. The lowest BCUT2D eigenvalue weighted by atomic mass is 10.2. The lowest BCUT2D eigenvalue weighted by Crippen LogP contribution is -2.33. The number of hydrogen-bond acceptors (Lipinski definition) is 4. The molecule has 5 nitrogen and oxygen atoms in total. The van der Waals surface area contributed by atoms with Crippen molar-refractivity contribution in [3.63, 3.8) is 0 Å². The van der Waals surface area contributed by atoms with Crippen LogP contribution in [0.5, 0.6) is 0 Å². The predicted molar refractivity (Wildman–Crippen MR) is 84.9 cm³/mol. The zero-order valence-corrected chi connectivity index (χ0v) is 14.8. The number of nitrogens with one attached hydrogen (secondary N) is 1. The Bertz CT molecular complexity index is 562. The van der Waals surface area contributed by atoms with Crippen LogP contribution >= 0.6 is 0 Å². The maximum Gasteiger partial charge on any atom is 0.246 e. The van der Waals surface area contributed by atoms with Crippen LogP contribution in [0.1, 0.15) is 51.2 Å². The van der Waals surface area contributed by atoms with E-state index in [1.807, 2.05) is 34.6 Å². The molecule has 0 radical (unpaired) electrons. The summed E-state index contributed by atoms with van der Waals surface area (Å²) in [5.74, 6) is 1.15. The van der Waals surface area contributed by atoms with Crippen molar-refractivity contribution < 1.29 is 12.8 Å². The minimum absolute atomic E-state index is 0.285. The minimum atomic E-state index is -3.50. The maximum atomic E-state index is 12.9. The summed E-state index contributed by atoms with van der Waals surface area (Å²) in [5, 5.41) is 3.27. The van der Waals surface area contributed by atoms with Gasteiger partial charge in [0, 0.05) is 31.2 Å². The Morgan fingerprint density at radius 2 is 1.81 bits per heavy atom. The van der Waals surface area contributed by atoms with E-state index in [1.54, 1.807) is 6.92 Å². The Morgan fingerprint density at radius 3 is 2.29 bits per heavy atom. The quantitative estimate of drug-likeness (QED) is 0.801. The van der Waals surface area contributed by atoms with Gasteiger partial charge in [0.15, 0.2) is 0 Å². The van der Waals surface area contributed by atoms with E-state index in [4.69, 9.17) is 4.42 Å². The van der Waals surface area contributed by atoms with Gasteiger partial charge < -0.3 is 9.73 Å². The zero-order chi connectivity index (χ0) is 16.2. The van der Waals surface area contributed by atoms with Gasteiger partial charge in [-0.05, 0) is 20.3 Å². The Hall–Kier alpha value is -0.850. The van der Waals surface area contributed by atoms with Crippen molar-refractivity contribution in [3.05, 3.63) is 17.1 Å². The van der Waals surface area contributed by atoms with Crippen molar-refractivity contribution in [2.24, 2.45) is 0 Å². The SMILES string of the molecule is CCCN(CC)S(=O)(=O)c1c(C)oc(C)c1CNC(C)C. The molecule has 122 valence electrons. The molecule has 0 aliphatic heterocycles. The van der Waals surface area contributed by atoms with Gasteiger partial charge in [-0.3, -0.25) is 0 Å². The fourth-order valence-corrected chi connectivity index (χ4v) is 4.34. The van der Waals surface area contributed by atoms with E-state index in [0.717, 1.165) is 12.0 Å². The Balaban J connectivity index is 3.27. The van der Waals surface area contributed by atoms with Gasteiger partial charge >= 0.3 is 0 Å². The molecule has 1 N–H and O–H groups in total. The molecular formula is C15H28N2O3S. The number of rotatable bonds is 8. The summed E-state index contributed by atoms with van der Waals surface area (Å²) < 4.78 is 32.9. The van der Waals surface area contributed by atoms with Gasteiger partial charge in [-0.15, -0.1) is 0 Å². The van der Waals surface area contributed by atoms with Crippen LogP contribution in [0.25, 0.3) is 0 Å². The Kier molecular flexibility index (Phi) is 6.43. The van der Waals surface area contributed by atoms with Crippen LogP contribution in [0.2, 0.25) is 0 Å². The first-order chi connectivity index (χ1) is 9.75. The first-order valence-corrected chi connectivity index (χ1v) is 9.02. The summed E-state index contributed by atoms with van der Waals surface area (Å²) in [7, 11) is -3.50. The first kappa shape index (κ1) is 18.2. The monoisotopic (exact) mass is 316 g/mol. The van der Waals surface area contributed by atoms with Gasteiger partial charge in [0.25, 0.3) is 0 Å². The fourth-order valence-electron chi connectivity index (χ4n) is 2.38. The molecule has 0 fully saturated rings. The molecule has 0 bridgehead atoms. The van der Waals surface area contributed by atoms with Crippen molar-refractivity contribution in [1.29, 1.82) is 0 Å². The third-order valence-corrected chi connectivity index (χ3v) is 5.61. The van der Waals surface area contributed by atoms with Gasteiger partial charge in [-0.2, -0.15) is 4.31 Å². The first-order valence-electron chi connectivity index (χ1n) is 7.58. The number of furan rings is 1. The van der Waals surface area contributed by atoms with E-state index in [9.17, 15) is 8.42 Å². The highest BCUT2D eigenvalue weighted by molar-refractivity contribution is 7.89. The van der Waals surface area contributed by atoms with Crippen LogP contribution in [0, 0.1) is 13.8 Å². The van der Waals surface area contributed by atoms with Crippen molar-refractivity contribution in [2.75, 3.05) is 13.1 Å². The molecule has 21 heavy (non-hydrogen) atoms. The lowest BCUT2D eigenvalue weighted by Gasteiger charge is -2.20. The number of sulfonamides is 1. The molecule has 1 rings (SSSR count). The topological polar surface area (TPSA) is 62.6 Å². The highest BCUT2D eigenvalue weighted by Crippen LogP contribution is 2.29. The Morgan fingerprint density at radius 1 is 1.19 bits per heavy atom. The van der Waals surface area contributed by atoms with Crippen LogP contribution in [-0.4, -0.2) is 31.9 Å². The smallest absolute Gasteiger partial charge is 0.246 e. The average molecular weight is 316 g/mol. The van der Waals surface area contributed by atoms with Crippen molar-refractivity contribution in [3.8, 4) is 0 Å². The number of hydrogen-bond donors (Lipinski definition) is 1. The number of nitrogens with zero attached hydrogens (tertiary/aromatic N) is 1. The van der Waals surface area contributed by atoms with Crippen molar-refractivity contribution in [2.45, 2.75) is 65.4 Å². The second kappa shape index (κ2) is 7.42. The van der Waals surface area contributed by atoms with Crippen LogP contribution < -0.4 is 5.32 Å². The average Bonchev–Trinajstić information content (AvgIpc) is 2.67. The molecule has 0 spiro atoms. The van der Waals surface area contributed by atoms with Gasteiger partial charge in [0.1, 0.15) is 16.4 Å². The molecule has 0 aromatic carbocycles. The van der Waals surface area contributed by atoms with Crippen LogP contribution in [-0.2, 0) is 16.6 Å². The fraction of sp³-hybridized carbons (Fsp3) is 0.733. The summed E-state index contributed by atoms with van der Waals surface area (Å²) in [6, 6.07) is 0.285. The van der Waals surface area contributed by atoms with Crippen LogP contribution in [0.4, 0.5) is 0 Å². The molecular weight excluding hydrogens is 288 g/mol. The normalized spacial score (nSPS) is 12.6. The second-order valence-corrected chi connectivity index (χ2v) is 7.43. The summed E-state index contributed by atoms with van der Waals surface area (Å²) >= 11 is 0. The summed E-state index contributed by atoms with van der Waals surface area (Å²) in [6.07, 6.45) is 0.794. The summed E-state index contributed by atoms with van der Waals surface area (Å²) in [5.41, 5.74) is 0.746. The Labute approximate surface area is 128 Å². The van der Waals surface area contributed by atoms with E-state index in [-0.39, 0.29) is 6.04 Å². The molecule has 0 aliphatic carbocycles. The largest absolute Gasteiger partial charge is 0.465 e. The van der Waals surface area contributed by atoms with Crippen LogP contribution in [0.15, 0.2) is 9.31 Å². The molecule has 0 aliphatic rings. The van der Waals surface area contributed by atoms with Gasteiger partial charge in [-0.25, -0.2) is 8.42 Å². The van der Waals surface area contributed by atoms with Gasteiger partial charge in [0.05, 0.1) is 0 Å². The van der Waals surface area contributed by atoms with E-state index in [0.29, 0.717) is 36.1 Å². The molecule has 0 atom stereocenters. The minimum Gasteiger partial charge on any atom is -0.465 e. The molecule has 0 unspecified atom stereocenters. The lowest BCUT2D eigenvalue weighted by molar-refractivity contribution is 0.423. The summed E-state index contributed by atoms with van der Waals surface area (Å²) in [6.45, 7) is 12.9. The molecule has 6 heteroatoms. The molecule has 0 saturated carbocycles. The highest BCUT2D eigenvalue weighted by Gasteiger charge is 2.31. The molecule has 1 aromatic rings. The van der Waals surface area contributed by atoms with Crippen molar-refractivity contribution >= 4 is 10.0 Å². The predicted octanol–water partition coefficient (Wildman–Crippen LogP) is 2.82. The molecule has 1 aromatic heterocycles. The van der Waals surface area contributed by atoms with Crippen LogP contribution in [0.3, 0.4) is 0 Å². The van der Waals surface area contributed by atoms with E-state index >= 15 is 0 Å². The van der Waals surface area contributed by atoms with E-state index in [2.05, 4.69) is 5.32 Å². The van der Waals surface area contributed by atoms with Gasteiger partial charge in [-0.1, -0.05) is 27.7 Å². The standard InChI is InChI=1S/C15H28N2O3S/c1-7-9-17(8-2)21(18,19)15-13(6)20-12(5)14(15)10-16-11(3)4/h11,16H,7-10H2,1-6H3.